The quantitative estimate of drug-likeness (QED) is 0.569. The summed E-state index contributed by atoms with van der Waals surface area (Å²) in [6.45, 7) is 0.167. The van der Waals surface area contributed by atoms with Gasteiger partial charge in [-0.2, -0.15) is 0 Å². The van der Waals surface area contributed by atoms with Crippen LogP contribution in [0.3, 0.4) is 0 Å². The molecule has 6 nitrogen and oxygen atoms in total. The van der Waals surface area contributed by atoms with Gasteiger partial charge in [-0.05, 0) is 23.8 Å². The largest absolute Gasteiger partial charge is 0.329 e. The van der Waals surface area contributed by atoms with Crippen molar-refractivity contribution in [3.05, 3.63) is 80.0 Å². The molecule has 2 aromatic carbocycles. The molecule has 2 heterocycles. The van der Waals surface area contributed by atoms with E-state index in [1.807, 2.05) is 30.3 Å². The van der Waals surface area contributed by atoms with Crippen LogP contribution in [0.25, 0.3) is 21.9 Å². The predicted molar refractivity (Wildman–Crippen MR) is 92.5 cm³/mol. The summed E-state index contributed by atoms with van der Waals surface area (Å²) in [5, 5.41) is 9.11. The highest BCUT2D eigenvalue weighted by Gasteiger charge is 2.13. The van der Waals surface area contributed by atoms with Gasteiger partial charge in [0.05, 0.1) is 17.6 Å². The van der Waals surface area contributed by atoms with Gasteiger partial charge in [0.15, 0.2) is 5.52 Å². The average molecular weight is 339 g/mol. The number of rotatable bonds is 2. The summed E-state index contributed by atoms with van der Waals surface area (Å²) in [5.41, 5.74) is 0.892. The molecule has 0 unspecified atom stereocenters. The Labute approximate surface area is 140 Å². The van der Waals surface area contributed by atoms with Crippen LogP contribution in [0.4, 0.5) is 0 Å². The van der Waals surface area contributed by atoms with Crippen molar-refractivity contribution < 1.29 is 0 Å². The fraction of sp³-hybridized carbons (Fsp3) is 0.0588. The lowest BCUT2D eigenvalue weighted by Gasteiger charge is -2.07. The number of nitrogens with one attached hydrogen (secondary N) is 1. The molecular formula is C17H11ClN4O2. The van der Waals surface area contributed by atoms with Crippen LogP contribution >= 0.6 is 11.6 Å². The zero-order valence-corrected chi connectivity index (χ0v) is 13.1. The summed E-state index contributed by atoms with van der Waals surface area (Å²) in [6, 6.07) is 14.3. The van der Waals surface area contributed by atoms with Gasteiger partial charge in [-0.15, -0.1) is 10.2 Å². The molecule has 24 heavy (non-hydrogen) atoms. The molecule has 0 saturated carbocycles. The third-order valence-electron chi connectivity index (χ3n) is 3.83. The molecule has 0 amide bonds. The molecule has 0 bridgehead atoms. The maximum Gasteiger partial charge on any atom is 0.329 e. The van der Waals surface area contributed by atoms with Crippen molar-refractivity contribution in [2.24, 2.45) is 0 Å². The highest BCUT2D eigenvalue weighted by atomic mass is 35.5. The molecule has 1 N–H and O–H groups in total. The minimum Gasteiger partial charge on any atom is -0.305 e. The molecule has 0 radical (unpaired) electrons. The van der Waals surface area contributed by atoms with E-state index in [1.165, 1.54) is 0 Å². The van der Waals surface area contributed by atoms with Crippen LogP contribution in [0.2, 0.25) is 5.02 Å². The molecule has 2 aromatic heterocycles. The number of aromatic amines is 1. The average Bonchev–Trinajstić information content (AvgIpc) is 2.59. The van der Waals surface area contributed by atoms with Crippen LogP contribution < -0.4 is 11.2 Å². The topological polar surface area (TPSA) is 80.6 Å². The maximum atomic E-state index is 12.7. The first-order chi connectivity index (χ1) is 11.6. The Balaban J connectivity index is 2.00. The number of hydrogen-bond acceptors (Lipinski definition) is 4. The molecule has 118 valence electrons. The van der Waals surface area contributed by atoms with E-state index >= 15 is 0 Å². The highest BCUT2D eigenvalue weighted by Crippen LogP contribution is 2.21. The van der Waals surface area contributed by atoms with Gasteiger partial charge in [0, 0.05) is 10.4 Å². The number of benzene rings is 2. The maximum absolute atomic E-state index is 12.7. The van der Waals surface area contributed by atoms with E-state index in [4.69, 9.17) is 11.6 Å². The summed E-state index contributed by atoms with van der Waals surface area (Å²) < 4.78 is 1.11. The lowest BCUT2D eigenvalue weighted by atomic mass is 10.2. The molecule has 0 spiro atoms. The van der Waals surface area contributed by atoms with Crippen LogP contribution in [0.5, 0.6) is 0 Å². The van der Waals surface area contributed by atoms with Crippen molar-refractivity contribution in [1.29, 1.82) is 0 Å². The Morgan fingerprint density at radius 2 is 1.83 bits per heavy atom. The summed E-state index contributed by atoms with van der Waals surface area (Å²) in [6.07, 6.45) is 0. The van der Waals surface area contributed by atoms with E-state index in [9.17, 15) is 9.59 Å². The lowest BCUT2D eigenvalue weighted by molar-refractivity contribution is 0.708. The number of halogens is 1. The summed E-state index contributed by atoms with van der Waals surface area (Å²) in [5.74, 6) is 0. The molecule has 4 aromatic rings. The number of H-pyrrole nitrogens is 1. The van der Waals surface area contributed by atoms with E-state index in [2.05, 4.69) is 15.2 Å². The van der Waals surface area contributed by atoms with E-state index in [0.29, 0.717) is 21.4 Å². The van der Waals surface area contributed by atoms with Crippen LogP contribution in [-0.4, -0.2) is 19.7 Å². The van der Waals surface area contributed by atoms with Crippen LogP contribution in [-0.2, 0) is 6.54 Å². The molecule has 7 heteroatoms. The third kappa shape index (κ3) is 2.37. The third-order valence-corrected chi connectivity index (χ3v) is 4.07. The number of aromatic nitrogens is 4. The second-order valence-corrected chi connectivity index (χ2v) is 5.83. The molecule has 0 fully saturated rings. The minimum atomic E-state index is -0.495. The highest BCUT2D eigenvalue weighted by molar-refractivity contribution is 6.31. The van der Waals surface area contributed by atoms with Gasteiger partial charge in [-0.1, -0.05) is 41.9 Å². The van der Waals surface area contributed by atoms with Crippen molar-refractivity contribution in [3.63, 3.8) is 0 Å². The van der Waals surface area contributed by atoms with Crippen molar-refractivity contribution >= 4 is 33.5 Å². The van der Waals surface area contributed by atoms with Gasteiger partial charge >= 0.3 is 5.69 Å². The fourth-order valence-electron chi connectivity index (χ4n) is 2.66. The summed E-state index contributed by atoms with van der Waals surface area (Å²) in [7, 11) is 0. The molecule has 4 rings (SSSR count). The van der Waals surface area contributed by atoms with Gasteiger partial charge < -0.3 is 4.98 Å². The number of nitrogens with zero attached hydrogens (tertiary/aromatic N) is 3. The van der Waals surface area contributed by atoms with Gasteiger partial charge in [0.2, 0.25) is 0 Å². The second-order valence-electron chi connectivity index (χ2n) is 5.39. The van der Waals surface area contributed by atoms with Gasteiger partial charge in [0.1, 0.15) is 0 Å². The van der Waals surface area contributed by atoms with Crippen molar-refractivity contribution in [2.75, 3.05) is 0 Å². The normalized spacial score (nSPS) is 11.2. The fourth-order valence-corrected chi connectivity index (χ4v) is 2.83. The monoisotopic (exact) mass is 338 g/mol. The van der Waals surface area contributed by atoms with Crippen LogP contribution in [0, 0.1) is 0 Å². The second kappa shape index (κ2) is 5.58. The molecule has 0 atom stereocenters. The van der Waals surface area contributed by atoms with Gasteiger partial charge in [-0.25, -0.2) is 4.79 Å². The number of fused-ring (bicyclic) bond motifs is 3. The van der Waals surface area contributed by atoms with E-state index < -0.39 is 11.2 Å². The van der Waals surface area contributed by atoms with Gasteiger partial charge in [-0.3, -0.25) is 9.36 Å². The standard InChI is InChI=1S/C17H11ClN4O2/c18-11-6-7-13-12(8-11)14-15(21-20-13)16(23)22(17(24)19-14)9-10-4-2-1-3-5-10/h1-8H,9H2,(H,19,24). The predicted octanol–water partition coefficient (Wildman–Crippen LogP) is 2.33. The Morgan fingerprint density at radius 3 is 2.62 bits per heavy atom. The Kier molecular flexibility index (Phi) is 3.39. The van der Waals surface area contributed by atoms with E-state index in [1.54, 1.807) is 18.2 Å². The van der Waals surface area contributed by atoms with E-state index in [0.717, 1.165) is 10.1 Å². The minimum absolute atomic E-state index is 0.111. The Morgan fingerprint density at radius 1 is 1.04 bits per heavy atom. The first-order valence-electron chi connectivity index (χ1n) is 7.26. The Bertz CT molecular complexity index is 1180. The van der Waals surface area contributed by atoms with E-state index in [-0.39, 0.29) is 12.1 Å². The first-order valence-corrected chi connectivity index (χ1v) is 7.64. The zero-order valence-electron chi connectivity index (χ0n) is 12.4. The molecular weight excluding hydrogens is 328 g/mol. The van der Waals surface area contributed by atoms with Crippen molar-refractivity contribution in [2.45, 2.75) is 6.54 Å². The first kappa shape index (κ1) is 14.6. The molecule has 0 aliphatic heterocycles. The summed E-state index contributed by atoms with van der Waals surface area (Å²) >= 11 is 6.01. The van der Waals surface area contributed by atoms with Crippen molar-refractivity contribution in [3.8, 4) is 0 Å². The van der Waals surface area contributed by atoms with Crippen molar-refractivity contribution in [1.82, 2.24) is 19.7 Å². The summed E-state index contributed by atoms with van der Waals surface area (Å²) in [4.78, 5) is 27.8. The van der Waals surface area contributed by atoms with Crippen LogP contribution in [0.15, 0.2) is 58.1 Å². The molecule has 0 aliphatic rings. The smallest absolute Gasteiger partial charge is 0.305 e. The van der Waals surface area contributed by atoms with Gasteiger partial charge in [0.25, 0.3) is 5.56 Å². The Hall–Kier alpha value is -2.99. The molecule has 0 aliphatic carbocycles. The number of hydrogen-bond donors (Lipinski definition) is 1. The van der Waals surface area contributed by atoms with Crippen LogP contribution in [0.1, 0.15) is 5.56 Å². The zero-order chi connectivity index (χ0) is 16.7. The molecule has 0 saturated heterocycles. The lowest BCUT2D eigenvalue weighted by Crippen LogP contribution is -2.36. The SMILES string of the molecule is O=c1[nH]c2c(nnc3ccc(Cl)cc32)c(=O)n1Cc1ccccc1.